The van der Waals surface area contributed by atoms with E-state index in [1.807, 2.05) is 53.1 Å². The average Bonchev–Trinajstić information content (AvgIpc) is 3.15. The Morgan fingerprint density at radius 3 is 2.54 bits per heavy atom. The molecule has 1 aliphatic heterocycles. The highest BCUT2D eigenvalue weighted by atomic mass is 16.5. The second-order valence-corrected chi connectivity index (χ2v) is 6.37. The third kappa shape index (κ3) is 3.27. The van der Waals surface area contributed by atoms with Crippen LogP contribution in [0.4, 0.5) is 0 Å². The fourth-order valence-corrected chi connectivity index (χ4v) is 3.27. The zero-order valence-corrected chi connectivity index (χ0v) is 14.4. The van der Waals surface area contributed by atoms with Crippen molar-refractivity contribution in [2.24, 2.45) is 5.73 Å². The Labute approximate surface area is 152 Å². The third-order valence-electron chi connectivity index (χ3n) is 4.64. The molecule has 3 N–H and O–H groups in total. The number of nitrogens with zero attached hydrogens (tertiary/aromatic N) is 1. The Morgan fingerprint density at radius 1 is 1.12 bits per heavy atom. The molecular formula is C21H21N3O2. The van der Waals surface area contributed by atoms with Crippen LogP contribution < -0.4 is 11.1 Å². The van der Waals surface area contributed by atoms with E-state index in [1.165, 1.54) is 0 Å². The van der Waals surface area contributed by atoms with Crippen molar-refractivity contribution in [1.29, 1.82) is 0 Å². The van der Waals surface area contributed by atoms with Gasteiger partial charge in [0.25, 0.3) is 0 Å². The summed E-state index contributed by atoms with van der Waals surface area (Å²) in [7, 11) is 0. The minimum Gasteiger partial charge on any atom is -0.371 e. The van der Waals surface area contributed by atoms with Crippen LogP contribution in [0.25, 0.3) is 16.9 Å². The summed E-state index contributed by atoms with van der Waals surface area (Å²) in [6.45, 7) is 2.45. The van der Waals surface area contributed by atoms with Crippen molar-refractivity contribution in [3.63, 3.8) is 0 Å². The van der Waals surface area contributed by atoms with E-state index in [2.05, 4.69) is 17.4 Å². The molecule has 0 unspecified atom stereocenters. The van der Waals surface area contributed by atoms with Crippen LogP contribution in [-0.4, -0.2) is 30.2 Å². The standard InChI is InChI=1S/C21H21N3O2/c22-21(25)17-12-19(15-4-2-1-3-5-15)24(14-17)18-8-6-16(7-9-18)20-13-23-10-11-26-20/h1-9,12,14,20,23H,10-11,13H2,(H2,22,25)/t20-/m1/s1. The van der Waals surface area contributed by atoms with Gasteiger partial charge >= 0.3 is 0 Å². The molecule has 1 saturated heterocycles. The number of carbonyl (C=O) groups is 1. The summed E-state index contributed by atoms with van der Waals surface area (Å²) in [6, 6.07) is 20.0. The lowest BCUT2D eigenvalue weighted by Gasteiger charge is -2.24. The van der Waals surface area contributed by atoms with E-state index in [0.717, 1.165) is 42.2 Å². The molecule has 0 aliphatic carbocycles. The fraction of sp³-hybridized carbons (Fsp3) is 0.190. The Balaban J connectivity index is 1.71. The monoisotopic (exact) mass is 347 g/mol. The summed E-state index contributed by atoms with van der Waals surface area (Å²) in [6.07, 6.45) is 1.87. The minimum atomic E-state index is -0.431. The molecule has 5 heteroatoms. The minimum absolute atomic E-state index is 0.0808. The maximum atomic E-state index is 11.7. The lowest BCUT2D eigenvalue weighted by molar-refractivity contribution is 0.0277. The van der Waals surface area contributed by atoms with E-state index in [1.54, 1.807) is 6.20 Å². The van der Waals surface area contributed by atoms with Gasteiger partial charge < -0.3 is 20.4 Å². The fourth-order valence-electron chi connectivity index (χ4n) is 3.27. The second kappa shape index (κ2) is 7.15. The molecule has 1 atom stereocenters. The smallest absolute Gasteiger partial charge is 0.250 e. The number of aromatic nitrogens is 1. The van der Waals surface area contributed by atoms with Crippen LogP contribution in [0.2, 0.25) is 0 Å². The maximum absolute atomic E-state index is 11.7. The Hall–Kier alpha value is -2.89. The molecule has 0 spiro atoms. The molecule has 2 heterocycles. The number of nitrogens with one attached hydrogen (secondary N) is 1. The molecule has 0 saturated carbocycles. The number of nitrogens with two attached hydrogens (primary N) is 1. The Bertz CT molecular complexity index is 895. The van der Waals surface area contributed by atoms with E-state index in [4.69, 9.17) is 10.5 Å². The van der Waals surface area contributed by atoms with Crippen LogP contribution in [0.15, 0.2) is 66.9 Å². The number of hydrogen-bond donors (Lipinski definition) is 2. The van der Waals surface area contributed by atoms with Gasteiger partial charge in [0.2, 0.25) is 5.91 Å². The van der Waals surface area contributed by atoms with E-state index >= 15 is 0 Å². The summed E-state index contributed by atoms with van der Waals surface area (Å²) in [4.78, 5) is 11.7. The van der Waals surface area contributed by atoms with Gasteiger partial charge in [0.15, 0.2) is 0 Å². The quantitative estimate of drug-likeness (QED) is 0.762. The van der Waals surface area contributed by atoms with E-state index in [0.29, 0.717) is 5.56 Å². The van der Waals surface area contributed by atoms with Gasteiger partial charge in [-0.1, -0.05) is 42.5 Å². The van der Waals surface area contributed by atoms with Gasteiger partial charge in [0.1, 0.15) is 0 Å². The SMILES string of the molecule is NC(=O)c1cc(-c2ccccc2)n(-c2ccc([C@H]3CNCCO3)cc2)c1. The van der Waals surface area contributed by atoms with E-state index in [-0.39, 0.29) is 6.10 Å². The Morgan fingerprint density at radius 2 is 1.88 bits per heavy atom. The van der Waals surface area contributed by atoms with Gasteiger partial charge in [-0.15, -0.1) is 0 Å². The molecule has 1 aliphatic rings. The molecular weight excluding hydrogens is 326 g/mol. The molecule has 132 valence electrons. The normalized spacial score (nSPS) is 17.2. The van der Waals surface area contributed by atoms with Crippen molar-refractivity contribution >= 4 is 5.91 Å². The first-order valence-corrected chi connectivity index (χ1v) is 8.72. The van der Waals surface area contributed by atoms with Crippen molar-refractivity contribution in [1.82, 2.24) is 9.88 Å². The van der Waals surface area contributed by atoms with Crippen molar-refractivity contribution in [2.45, 2.75) is 6.10 Å². The van der Waals surface area contributed by atoms with Gasteiger partial charge in [-0.25, -0.2) is 0 Å². The predicted molar refractivity (Wildman–Crippen MR) is 101 cm³/mol. The first kappa shape index (κ1) is 16.6. The highest BCUT2D eigenvalue weighted by Gasteiger charge is 2.16. The van der Waals surface area contributed by atoms with Crippen LogP contribution in [0.3, 0.4) is 0 Å². The third-order valence-corrected chi connectivity index (χ3v) is 4.64. The molecule has 1 aromatic heterocycles. The van der Waals surface area contributed by atoms with Crippen molar-refractivity contribution in [2.75, 3.05) is 19.7 Å². The molecule has 5 nitrogen and oxygen atoms in total. The number of amides is 1. The first-order valence-electron chi connectivity index (χ1n) is 8.72. The number of hydrogen-bond acceptors (Lipinski definition) is 3. The number of rotatable bonds is 4. The number of ether oxygens (including phenoxy) is 1. The summed E-state index contributed by atoms with van der Waals surface area (Å²) in [5, 5.41) is 3.34. The number of benzene rings is 2. The lowest BCUT2D eigenvalue weighted by Crippen LogP contribution is -2.33. The molecule has 26 heavy (non-hydrogen) atoms. The molecule has 0 radical (unpaired) electrons. The average molecular weight is 347 g/mol. The van der Waals surface area contributed by atoms with Gasteiger partial charge in [-0.3, -0.25) is 4.79 Å². The first-order chi connectivity index (χ1) is 12.7. The number of morpholine rings is 1. The van der Waals surface area contributed by atoms with Crippen molar-refractivity contribution in [3.8, 4) is 16.9 Å². The van der Waals surface area contributed by atoms with Crippen LogP contribution in [0.5, 0.6) is 0 Å². The van der Waals surface area contributed by atoms with Crippen molar-refractivity contribution in [3.05, 3.63) is 78.0 Å². The molecule has 0 bridgehead atoms. The molecule has 4 rings (SSSR count). The largest absolute Gasteiger partial charge is 0.371 e. The van der Waals surface area contributed by atoms with Crippen molar-refractivity contribution < 1.29 is 9.53 Å². The summed E-state index contributed by atoms with van der Waals surface area (Å²) in [5.41, 5.74) is 10.1. The molecule has 1 fully saturated rings. The highest BCUT2D eigenvalue weighted by Crippen LogP contribution is 2.27. The van der Waals surface area contributed by atoms with Gasteiger partial charge in [0, 0.05) is 25.0 Å². The maximum Gasteiger partial charge on any atom is 0.250 e. The molecule has 2 aromatic carbocycles. The predicted octanol–water partition coefficient (Wildman–Crippen LogP) is 2.90. The summed E-state index contributed by atoms with van der Waals surface area (Å²) in [5.74, 6) is -0.431. The zero-order chi connectivity index (χ0) is 17.9. The van der Waals surface area contributed by atoms with Gasteiger partial charge in [0.05, 0.1) is 24.0 Å². The zero-order valence-electron chi connectivity index (χ0n) is 14.4. The van der Waals surface area contributed by atoms with Gasteiger partial charge in [-0.05, 0) is 29.3 Å². The highest BCUT2D eigenvalue weighted by molar-refractivity contribution is 5.94. The van der Waals surface area contributed by atoms with Crippen LogP contribution in [0, 0.1) is 0 Å². The molecule has 1 amide bonds. The number of carbonyl (C=O) groups excluding carboxylic acids is 1. The topological polar surface area (TPSA) is 69.3 Å². The second-order valence-electron chi connectivity index (χ2n) is 6.37. The summed E-state index contributed by atoms with van der Waals surface area (Å²) >= 11 is 0. The molecule has 3 aromatic rings. The van der Waals surface area contributed by atoms with E-state index < -0.39 is 5.91 Å². The summed E-state index contributed by atoms with van der Waals surface area (Å²) < 4.78 is 7.81. The lowest BCUT2D eigenvalue weighted by atomic mass is 10.1. The van der Waals surface area contributed by atoms with Crippen LogP contribution in [-0.2, 0) is 4.74 Å². The van der Waals surface area contributed by atoms with E-state index in [9.17, 15) is 4.79 Å². The van der Waals surface area contributed by atoms with Crippen LogP contribution >= 0.6 is 0 Å². The van der Waals surface area contributed by atoms with Crippen LogP contribution in [0.1, 0.15) is 22.0 Å². The Kier molecular flexibility index (Phi) is 4.56. The number of primary amides is 1. The van der Waals surface area contributed by atoms with Gasteiger partial charge in [-0.2, -0.15) is 0 Å².